The van der Waals surface area contributed by atoms with Gasteiger partial charge in [0.15, 0.2) is 5.75 Å². The van der Waals surface area contributed by atoms with Gasteiger partial charge in [-0.25, -0.2) is 4.98 Å². The summed E-state index contributed by atoms with van der Waals surface area (Å²) in [5.41, 5.74) is -0.0260. The zero-order valence-corrected chi connectivity index (χ0v) is 10.9. The molecule has 1 heterocycles. The van der Waals surface area contributed by atoms with Crippen LogP contribution in [-0.2, 0) is 0 Å². The molecule has 1 aromatic carbocycles. The van der Waals surface area contributed by atoms with Crippen LogP contribution in [0.15, 0.2) is 36.5 Å². The zero-order chi connectivity index (χ0) is 15.4. The first-order chi connectivity index (χ1) is 10.0. The smallest absolute Gasteiger partial charge is 0.312 e. The lowest BCUT2D eigenvalue weighted by atomic mass is 10.2. The molecule has 2 aromatic rings. The van der Waals surface area contributed by atoms with Crippen molar-refractivity contribution in [3.63, 3.8) is 0 Å². The minimum absolute atomic E-state index is 0.0565. The molecule has 0 spiro atoms. The number of nitro benzene ring substituents is 1. The number of hydrogen-bond acceptors (Lipinski definition) is 5. The Kier molecular flexibility index (Phi) is 4.07. The third-order valence-electron chi connectivity index (χ3n) is 2.62. The molecule has 21 heavy (non-hydrogen) atoms. The Bertz CT molecular complexity index is 706. The van der Waals surface area contributed by atoms with Crippen molar-refractivity contribution in [2.24, 2.45) is 0 Å². The van der Waals surface area contributed by atoms with Crippen molar-refractivity contribution >= 4 is 17.3 Å². The van der Waals surface area contributed by atoms with Gasteiger partial charge >= 0.3 is 5.69 Å². The standard InChI is InChI=1S/C13H10FN3O4/c1-21-11-3-2-9(7-10(11)17(19)20)16-13(18)8-4-5-15-12(14)6-8/h2-7H,1H3,(H,16,18). The first-order valence-electron chi connectivity index (χ1n) is 5.76. The number of nitrogens with one attached hydrogen (secondary N) is 1. The van der Waals surface area contributed by atoms with Crippen molar-refractivity contribution in [2.45, 2.75) is 0 Å². The topological polar surface area (TPSA) is 94.4 Å². The Balaban J connectivity index is 2.25. The number of anilines is 1. The van der Waals surface area contributed by atoms with Crippen molar-refractivity contribution in [3.05, 3.63) is 58.2 Å². The van der Waals surface area contributed by atoms with Gasteiger partial charge in [-0.1, -0.05) is 0 Å². The first kappa shape index (κ1) is 14.4. The van der Waals surface area contributed by atoms with Crippen LogP contribution in [0.2, 0.25) is 0 Å². The van der Waals surface area contributed by atoms with Crippen molar-refractivity contribution in [2.75, 3.05) is 12.4 Å². The number of ether oxygens (including phenoxy) is 1. The van der Waals surface area contributed by atoms with E-state index >= 15 is 0 Å². The third-order valence-corrected chi connectivity index (χ3v) is 2.62. The average molecular weight is 291 g/mol. The Morgan fingerprint density at radius 3 is 2.76 bits per heavy atom. The number of benzene rings is 1. The molecule has 8 heteroatoms. The number of hydrogen-bond donors (Lipinski definition) is 1. The Hall–Kier alpha value is -3.03. The maximum Gasteiger partial charge on any atom is 0.312 e. The van der Waals surface area contributed by atoms with Gasteiger partial charge in [0, 0.05) is 29.6 Å². The van der Waals surface area contributed by atoms with Crippen LogP contribution in [0.1, 0.15) is 10.4 Å². The van der Waals surface area contributed by atoms with Gasteiger partial charge in [0.1, 0.15) is 0 Å². The molecule has 0 radical (unpaired) electrons. The van der Waals surface area contributed by atoms with Crippen molar-refractivity contribution < 1.29 is 18.8 Å². The van der Waals surface area contributed by atoms with Crippen LogP contribution in [0.5, 0.6) is 5.75 Å². The molecular weight excluding hydrogens is 281 g/mol. The highest BCUT2D eigenvalue weighted by atomic mass is 19.1. The SMILES string of the molecule is COc1ccc(NC(=O)c2ccnc(F)c2)cc1[N+](=O)[O-]. The molecule has 0 unspecified atom stereocenters. The largest absolute Gasteiger partial charge is 0.490 e. The highest BCUT2D eigenvalue weighted by molar-refractivity contribution is 6.04. The Morgan fingerprint density at radius 2 is 2.14 bits per heavy atom. The summed E-state index contributed by atoms with van der Waals surface area (Å²) >= 11 is 0. The predicted octanol–water partition coefficient (Wildman–Crippen LogP) is 2.39. The molecule has 1 N–H and O–H groups in total. The van der Waals surface area contributed by atoms with E-state index in [9.17, 15) is 19.3 Å². The van der Waals surface area contributed by atoms with Crippen LogP contribution >= 0.6 is 0 Å². The van der Waals surface area contributed by atoms with E-state index in [2.05, 4.69) is 10.3 Å². The lowest BCUT2D eigenvalue weighted by molar-refractivity contribution is -0.385. The number of aromatic nitrogens is 1. The number of halogens is 1. The molecule has 0 aliphatic carbocycles. The summed E-state index contributed by atoms with van der Waals surface area (Å²) in [5, 5.41) is 13.3. The van der Waals surface area contributed by atoms with Crippen LogP contribution in [0.4, 0.5) is 15.8 Å². The average Bonchev–Trinajstić information content (AvgIpc) is 2.47. The summed E-state index contributed by atoms with van der Waals surface area (Å²) < 4.78 is 17.8. The summed E-state index contributed by atoms with van der Waals surface area (Å²) in [4.78, 5) is 25.5. The molecule has 1 aromatic heterocycles. The number of carbonyl (C=O) groups excluding carboxylic acids is 1. The number of rotatable bonds is 4. The summed E-state index contributed by atoms with van der Waals surface area (Å²) in [5.74, 6) is -1.31. The quantitative estimate of drug-likeness (QED) is 0.530. The van der Waals surface area contributed by atoms with E-state index in [1.165, 1.54) is 25.3 Å². The monoisotopic (exact) mass is 291 g/mol. The van der Waals surface area contributed by atoms with E-state index < -0.39 is 16.8 Å². The molecule has 2 rings (SSSR count). The van der Waals surface area contributed by atoms with Crippen molar-refractivity contribution in [3.8, 4) is 5.75 Å². The Labute approximate surface area is 118 Å². The normalized spacial score (nSPS) is 10.0. The van der Waals surface area contributed by atoms with Crippen LogP contribution in [0.25, 0.3) is 0 Å². The minimum Gasteiger partial charge on any atom is -0.490 e. The molecule has 0 aliphatic heterocycles. The van der Waals surface area contributed by atoms with Crippen LogP contribution in [0, 0.1) is 16.1 Å². The molecule has 0 fully saturated rings. The fourth-order valence-electron chi connectivity index (χ4n) is 1.66. The Morgan fingerprint density at radius 1 is 1.38 bits per heavy atom. The second kappa shape index (κ2) is 5.95. The van der Waals surface area contributed by atoms with Gasteiger partial charge in [-0.05, 0) is 18.2 Å². The van der Waals surface area contributed by atoms with E-state index in [0.717, 1.165) is 18.3 Å². The number of amides is 1. The maximum absolute atomic E-state index is 12.9. The number of nitro groups is 1. The molecule has 0 saturated heterocycles. The number of pyridine rings is 1. The highest BCUT2D eigenvalue weighted by Crippen LogP contribution is 2.29. The van der Waals surface area contributed by atoms with E-state index in [1.54, 1.807) is 0 Å². The molecule has 0 bridgehead atoms. The van der Waals surface area contributed by atoms with Gasteiger partial charge in [0.25, 0.3) is 5.91 Å². The van der Waals surface area contributed by atoms with Gasteiger partial charge < -0.3 is 10.1 Å². The van der Waals surface area contributed by atoms with Gasteiger partial charge in [-0.3, -0.25) is 14.9 Å². The molecule has 0 saturated carbocycles. The molecular formula is C13H10FN3O4. The maximum atomic E-state index is 12.9. The van der Waals surface area contributed by atoms with E-state index in [0.29, 0.717) is 0 Å². The van der Waals surface area contributed by atoms with Gasteiger partial charge in [-0.2, -0.15) is 4.39 Å². The van der Waals surface area contributed by atoms with Crippen molar-refractivity contribution in [1.82, 2.24) is 4.98 Å². The predicted molar refractivity (Wildman–Crippen MR) is 71.8 cm³/mol. The third kappa shape index (κ3) is 3.30. The highest BCUT2D eigenvalue weighted by Gasteiger charge is 2.16. The fraction of sp³-hybridized carbons (Fsp3) is 0.0769. The van der Waals surface area contributed by atoms with E-state index in [-0.39, 0.29) is 22.7 Å². The van der Waals surface area contributed by atoms with Crippen LogP contribution in [-0.4, -0.2) is 22.9 Å². The van der Waals surface area contributed by atoms with Gasteiger partial charge in [0.2, 0.25) is 5.95 Å². The first-order valence-corrected chi connectivity index (χ1v) is 5.76. The van der Waals surface area contributed by atoms with Crippen LogP contribution in [0.3, 0.4) is 0 Å². The fourth-order valence-corrected chi connectivity index (χ4v) is 1.66. The zero-order valence-electron chi connectivity index (χ0n) is 10.9. The lowest BCUT2D eigenvalue weighted by Crippen LogP contribution is -2.12. The second-order valence-corrected chi connectivity index (χ2v) is 3.97. The summed E-state index contributed by atoms with van der Waals surface area (Å²) in [7, 11) is 1.31. The molecule has 1 amide bonds. The summed E-state index contributed by atoms with van der Waals surface area (Å²) in [6, 6.07) is 6.26. The molecule has 0 atom stereocenters. The van der Waals surface area contributed by atoms with Gasteiger partial charge in [-0.15, -0.1) is 0 Å². The molecule has 7 nitrogen and oxygen atoms in total. The number of nitrogens with zero attached hydrogens (tertiary/aromatic N) is 2. The molecule has 108 valence electrons. The van der Waals surface area contributed by atoms with Crippen molar-refractivity contribution in [1.29, 1.82) is 0 Å². The van der Waals surface area contributed by atoms with Gasteiger partial charge in [0.05, 0.1) is 12.0 Å². The molecule has 0 aliphatic rings. The second-order valence-electron chi connectivity index (χ2n) is 3.97. The number of carbonyl (C=O) groups is 1. The lowest BCUT2D eigenvalue weighted by Gasteiger charge is -2.07. The minimum atomic E-state index is -0.789. The number of methoxy groups -OCH3 is 1. The van der Waals surface area contributed by atoms with Crippen LogP contribution < -0.4 is 10.1 Å². The summed E-state index contributed by atoms with van der Waals surface area (Å²) in [6.07, 6.45) is 1.15. The summed E-state index contributed by atoms with van der Waals surface area (Å²) in [6.45, 7) is 0. The van der Waals surface area contributed by atoms with E-state index in [1.807, 2.05) is 0 Å². The van der Waals surface area contributed by atoms with E-state index in [4.69, 9.17) is 4.74 Å².